The minimum atomic E-state index is 0.0472. The third-order valence-electron chi connectivity index (χ3n) is 10.6. The fraction of sp³-hybridized carbons (Fsp3) is 0. The molecule has 0 unspecified atom stereocenters. The van der Waals surface area contributed by atoms with Gasteiger partial charge in [0.05, 0.1) is 0 Å². The summed E-state index contributed by atoms with van der Waals surface area (Å²) in [6.07, 6.45) is 0. The summed E-state index contributed by atoms with van der Waals surface area (Å²) in [5, 5.41) is 9.88. The van der Waals surface area contributed by atoms with Gasteiger partial charge in [-0.05, 0) is 107 Å². The van der Waals surface area contributed by atoms with Crippen molar-refractivity contribution in [3.63, 3.8) is 0 Å². The molecule has 226 valence electrons. The van der Waals surface area contributed by atoms with Crippen LogP contribution >= 0.6 is 0 Å². The second kappa shape index (κ2) is 10.1. The van der Waals surface area contributed by atoms with E-state index in [1.807, 2.05) is 0 Å². The molecule has 11 rings (SSSR count). The highest BCUT2D eigenvalue weighted by atomic mass is 16.5. The maximum Gasteiger partial charge on any atom is 0.260 e. The molecule has 0 saturated carbocycles. The molecule has 2 aliphatic heterocycles. The number of benzene rings is 9. The van der Waals surface area contributed by atoms with Crippen molar-refractivity contribution in [2.75, 3.05) is 0 Å². The first-order valence-corrected chi connectivity index (χ1v) is 16.9. The molecule has 0 fully saturated rings. The molecule has 9 aromatic carbocycles. The van der Waals surface area contributed by atoms with Gasteiger partial charge in [-0.3, -0.25) is 0 Å². The van der Waals surface area contributed by atoms with Crippen molar-refractivity contribution in [1.29, 1.82) is 0 Å². The minimum absolute atomic E-state index is 0.0472. The highest BCUT2D eigenvalue weighted by molar-refractivity contribution is 6.98. The Hall–Kier alpha value is -6.32. The molecule has 2 nitrogen and oxygen atoms in total. The molecule has 9 aromatic rings. The number of fused-ring (bicyclic) bond motifs is 9. The molecule has 0 aromatic heterocycles. The number of ether oxygens (including phenoxy) is 2. The highest BCUT2D eigenvalue weighted by Gasteiger charge is 2.40. The lowest BCUT2D eigenvalue weighted by atomic mass is 9.35. The summed E-state index contributed by atoms with van der Waals surface area (Å²) in [5.74, 6) is 3.49. The molecule has 0 radical (unpaired) electrons. The van der Waals surface area contributed by atoms with Crippen LogP contribution in [-0.2, 0) is 0 Å². The van der Waals surface area contributed by atoms with E-state index in [1.165, 1.54) is 70.7 Å². The first-order chi connectivity index (χ1) is 24.3. The van der Waals surface area contributed by atoms with Crippen molar-refractivity contribution in [3.05, 3.63) is 164 Å². The molecule has 0 saturated heterocycles. The molecule has 0 bridgehead atoms. The zero-order chi connectivity index (χ0) is 32.1. The van der Waals surface area contributed by atoms with Crippen LogP contribution in [0, 0.1) is 0 Å². The normalized spacial score (nSPS) is 12.8. The van der Waals surface area contributed by atoms with E-state index in [-0.39, 0.29) is 6.71 Å². The van der Waals surface area contributed by atoms with Crippen LogP contribution in [0.2, 0.25) is 0 Å². The molecule has 0 N–H and O–H groups in total. The maximum absolute atomic E-state index is 6.73. The van der Waals surface area contributed by atoms with Gasteiger partial charge in [0.15, 0.2) is 0 Å². The molecule has 2 aliphatic rings. The predicted octanol–water partition coefficient (Wildman–Crippen LogP) is 10.4. The maximum atomic E-state index is 6.73. The monoisotopic (exact) mass is 622 g/mol. The van der Waals surface area contributed by atoms with Gasteiger partial charge in [-0.25, -0.2) is 0 Å². The van der Waals surface area contributed by atoms with Crippen LogP contribution in [0.15, 0.2) is 164 Å². The van der Waals surface area contributed by atoms with E-state index in [9.17, 15) is 0 Å². The van der Waals surface area contributed by atoms with E-state index in [4.69, 9.17) is 9.47 Å². The Morgan fingerprint density at radius 3 is 1.39 bits per heavy atom. The van der Waals surface area contributed by atoms with E-state index in [0.29, 0.717) is 0 Å². The van der Waals surface area contributed by atoms with Crippen molar-refractivity contribution >= 4 is 66.2 Å². The van der Waals surface area contributed by atoms with E-state index < -0.39 is 0 Å². The number of hydrogen-bond donors (Lipinski definition) is 0. The second-order valence-electron chi connectivity index (χ2n) is 13.1. The van der Waals surface area contributed by atoms with Crippen LogP contribution in [0.4, 0.5) is 0 Å². The summed E-state index contributed by atoms with van der Waals surface area (Å²) >= 11 is 0. The van der Waals surface area contributed by atoms with Gasteiger partial charge in [-0.15, -0.1) is 0 Å². The molecule has 0 spiro atoms. The van der Waals surface area contributed by atoms with Crippen LogP contribution in [0.1, 0.15) is 0 Å². The third kappa shape index (κ3) is 3.79. The van der Waals surface area contributed by atoms with Crippen LogP contribution < -0.4 is 25.9 Å². The van der Waals surface area contributed by atoms with Gasteiger partial charge < -0.3 is 9.47 Å². The van der Waals surface area contributed by atoms with Crippen molar-refractivity contribution in [2.45, 2.75) is 0 Å². The van der Waals surface area contributed by atoms with Gasteiger partial charge in [0, 0.05) is 5.46 Å². The Morgan fingerprint density at radius 1 is 0.347 bits per heavy atom. The van der Waals surface area contributed by atoms with Crippen LogP contribution in [-0.4, -0.2) is 6.71 Å². The van der Waals surface area contributed by atoms with Crippen molar-refractivity contribution < 1.29 is 9.47 Å². The van der Waals surface area contributed by atoms with Crippen LogP contribution in [0.3, 0.4) is 0 Å². The van der Waals surface area contributed by atoms with Crippen molar-refractivity contribution in [1.82, 2.24) is 0 Å². The quantitative estimate of drug-likeness (QED) is 0.109. The van der Waals surface area contributed by atoms with Gasteiger partial charge in [-0.1, -0.05) is 133 Å². The smallest absolute Gasteiger partial charge is 0.260 e. The Labute approximate surface area is 283 Å². The Kier molecular flexibility index (Phi) is 5.50. The van der Waals surface area contributed by atoms with E-state index >= 15 is 0 Å². The SMILES string of the molecule is c1ccc2c(c1)Oc1cc(-c3c4ccccc4c(-c4cc5ccccc5c5ccccc45)c4ccccc34)cc3c1B2c1ccccc1O3. The molecule has 0 amide bonds. The fourth-order valence-electron chi connectivity index (χ4n) is 8.53. The third-order valence-corrected chi connectivity index (χ3v) is 10.6. The summed E-state index contributed by atoms with van der Waals surface area (Å²) < 4.78 is 13.5. The Balaban J connectivity index is 1.23. The lowest BCUT2D eigenvalue weighted by Crippen LogP contribution is -2.57. The highest BCUT2D eigenvalue weighted by Crippen LogP contribution is 2.48. The Bertz CT molecular complexity index is 2720. The Morgan fingerprint density at radius 2 is 0.796 bits per heavy atom. The average Bonchev–Trinajstić information content (AvgIpc) is 3.16. The largest absolute Gasteiger partial charge is 0.458 e. The van der Waals surface area contributed by atoms with E-state index in [0.717, 1.165) is 34.0 Å². The van der Waals surface area contributed by atoms with Gasteiger partial charge in [-0.2, -0.15) is 0 Å². The molecule has 0 atom stereocenters. The minimum Gasteiger partial charge on any atom is -0.458 e. The van der Waals surface area contributed by atoms with E-state index in [2.05, 4.69) is 164 Å². The molecular weight excluding hydrogens is 595 g/mol. The zero-order valence-electron chi connectivity index (χ0n) is 26.5. The fourth-order valence-corrected chi connectivity index (χ4v) is 8.53. The van der Waals surface area contributed by atoms with Gasteiger partial charge in [0.1, 0.15) is 23.0 Å². The molecule has 49 heavy (non-hydrogen) atoms. The molecular formula is C46H27BO2. The topological polar surface area (TPSA) is 18.5 Å². The average molecular weight is 623 g/mol. The van der Waals surface area contributed by atoms with Gasteiger partial charge in [0.2, 0.25) is 0 Å². The lowest BCUT2D eigenvalue weighted by Gasteiger charge is -2.33. The second-order valence-corrected chi connectivity index (χ2v) is 13.1. The number of hydrogen-bond acceptors (Lipinski definition) is 2. The summed E-state index contributed by atoms with van der Waals surface area (Å²) in [4.78, 5) is 0. The molecule has 0 aliphatic carbocycles. The number of rotatable bonds is 2. The zero-order valence-corrected chi connectivity index (χ0v) is 26.5. The molecule has 3 heteroatoms. The summed E-state index contributed by atoms with van der Waals surface area (Å²) in [7, 11) is 0. The van der Waals surface area contributed by atoms with Gasteiger partial charge >= 0.3 is 0 Å². The van der Waals surface area contributed by atoms with E-state index in [1.54, 1.807) is 0 Å². The predicted molar refractivity (Wildman–Crippen MR) is 205 cm³/mol. The number of para-hydroxylation sites is 2. The summed E-state index contributed by atoms with van der Waals surface area (Å²) in [6, 6.07) is 58.9. The van der Waals surface area contributed by atoms with Gasteiger partial charge in [0.25, 0.3) is 6.71 Å². The van der Waals surface area contributed by atoms with Crippen LogP contribution in [0.5, 0.6) is 23.0 Å². The standard InChI is InChI=1S/C46H27BO2/c1-2-14-30-28(13-1)25-37(32-16-4-3-15-31(30)32)45-35-19-7-5-17-33(35)44(34-18-6-8-20-36(34)45)29-26-42-46-43(27-29)49-41-24-12-10-22-39(41)47(46)38-21-9-11-23-40(38)48-42/h1-27H. The first kappa shape index (κ1) is 26.7. The van der Waals surface area contributed by atoms with Crippen molar-refractivity contribution in [3.8, 4) is 45.3 Å². The first-order valence-electron chi connectivity index (χ1n) is 16.9. The molecule has 2 heterocycles. The van der Waals surface area contributed by atoms with Crippen LogP contribution in [0.25, 0.3) is 65.3 Å². The van der Waals surface area contributed by atoms with Crippen molar-refractivity contribution in [2.24, 2.45) is 0 Å². The lowest BCUT2D eigenvalue weighted by molar-refractivity contribution is 0.465. The summed E-state index contributed by atoms with van der Waals surface area (Å²) in [5.41, 5.74) is 8.19. The summed E-state index contributed by atoms with van der Waals surface area (Å²) in [6.45, 7) is 0.0472.